The maximum Gasteiger partial charge on any atom is 0.405 e. The summed E-state index contributed by atoms with van der Waals surface area (Å²) in [6.07, 6.45) is -4.49. The highest BCUT2D eigenvalue weighted by Crippen LogP contribution is 2.31. The molecule has 1 N–H and O–H groups in total. The molecule has 0 aromatic heterocycles. The maximum atomic E-state index is 12.5. The number of hydrogen-bond donors (Lipinski definition) is 1. The van der Waals surface area contributed by atoms with Crippen molar-refractivity contribution >= 4 is 11.7 Å². The summed E-state index contributed by atoms with van der Waals surface area (Å²) in [6, 6.07) is 3.80. The molecular weight excluding hydrogens is 295 g/mol. The number of carbonyl (C=O) groups is 1. The molecule has 1 rings (SSSR count). The number of halogens is 3. The minimum atomic E-state index is -5.00. The molecule has 21 heavy (non-hydrogen) atoms. The number of nitro groups is 1. The van der Waals surface area contributed by atoms with Crippen LogP contribution in [0, 0.1) is 16.0 Å². The van der Waals surface area contributed by atoms with Crippen molar-refractivity contribution in [3.05, 3.63) is 33.9 Å². The van der Waals surface area contributed by atoms with E-state index in [4.69, 9.17) is 9.84 Å². The van der Waals surface area contributed by atoms with Crippen molar-refractivity contribution in [2.45, 2.75) is 19.5 Å². The first-order valence-electron chi connectivity index (χ1n) is 5.86. The highest BCUT2D eigenvalue weighted by Gasteiger charge is 2.46. The normalized spacial score (nSPS) is 12.8. The molecule has 0 amide bonds. The van der Waals surface area contributed by atoms with E-state index in [1.54, 1.807) is 6.92 Å². The SMILES string of the molecule is CCc1ccc(OCC(C(=O)O)C(F)(F)F)c([N+](=O)[O-])c1. The third-order valence-corrected chi connectivity index (χ3v) is 2.73. The minimum absolute atomic E-state index is 0.396. The first-order chi connectivity index (χ1) is 9.66. The van der Waals surface area contributed by atoms with Crippen molar-refractivity contribution in [3.8, 4) is 5.75 Å². The van der Waals surface area contributed by atoms with Gasteiger partial charge >= 0.3 is 17.8 Å². The molecular formula is C12H12F3NO5. The van der Waals surface area contributed by atoms with Gasteiger partial charge in [-0.3, -0.25) is 14.9 Å². The van der Waals surface area contributed by atoms with Crippen molar-refractivity contribution < 1.29 is 32.7 Å². The lowest BCUT2D eigenvalue weighted by Gasteiger charge is -2.16. The van der Waals surface area contributed by atoms with E-state index < -0.39 is 41.0 Å². The van der Waals surface area contributed by atoms with Crippen molar-refractivity contribution in [1.82, 2.24) is 0 Å². The Bertz CT molecular complexity index is 544. The monoisotopic (exact) mass is 307 g/mol. The zero-order valence-corrected chi connectivity index (χ0v) is 10.9. The quantitative estimate of drug-likeness (QED) is 0.644. The molecule has 0 fully saturated rings. The topological polar surface area (TPSA) is 89.7 Å². The number of carboxylic acid groups (broad SMARTS) is 1. The summed E-state index contributed by atoms with van der Waals surface area (Å²) in [6.45, 7) is 0.523. The van der Waals surface area contributed by atoms with Crippen LogP contribution in [0.25, 0.3) is 0 Å². The summed E-state index contributed by atoms with van der Waals surface area (Å²) >= 11 is 0. The van der Waals surface area contributed by atoms with Gasteiger partial charge in [0.15, 0.2) is 11.7 Å². The predicted octanol–water partition coefficient (Wildman–Crippen LogP) is 2.80. The molecule has 6 nitrogen and oxygen atoms in total. The second-order valence-corrected chi connectivity index (χ2v) is 4.16. The van der Waals surface area contributed by atoms with E-state index in [9.17, 15) is 28.1 Å². The highest BCUT2D eigenvalue weighted by atomic mass is 19.4. The van der Waals surface area contributed by atoms with Crippen molar-refractivity contribution in [2.24, 2.45) is 5.92 Å². The summed E-state index contributed by atoms with van der Waals surface area (Å²) in [7, 11) is 0. The molecule has 9 heteroatoms. The molecule has 0 bridgehead atoms. The second-order valence-electron chi connectivity index (χ2n) is 4.16. The van der Waals surface area contributed by atoms with Gasteiger partial charge in [-0.1, -0.05) is 13.0 Å². The first-order valence-corrected chi connectivity index (χ1v) is 5.86. The minimum Gasteiger partial charge on any atom is -0.486 e. The zero-order chi connectivity index (χ0) is 16.2. The predicted molar refractivity (Wildman–Crippen MR) is 65.2 cm³/mol. The van der Waals surface area contributed by atoms with Crippen LogP contribution in [0.15, 0.2) is 18.2 Å². The number of nitro benzene ring substituents is 1. The molecule has 0 spiro atoms. The molecule has 0 aliphatic rings. The van der Waals surface area contributed by atoms with Gasteiger partial charge in [0.25, 0.3) is 0 Å². The largest absolute Gasteiger partial charge is 0.486 e. The van der Waals surface area contributed by atoms with Crippen molar-refractivity contribution in [1.29, 1.82) is 0 Å². The molecule has 0 saturated heterocycles. The number of carboxylic acids is 1. The average Bonchev–Trinajstić information content (AvgIpc) is 2.36. The lowest BCUT2D eigenvalue weighted by Crippen LogP contribution is -2.35. The first kappa shape index (κ1) is 16.7. The van der Waals surface area contributed by atoms with Gasteiger partial charge in [0.2, 0.25) is 0 Å². The Morgan fingerprint density at radius 2 is 2.10 bits per heavy atom. The molecule has 1 atom stereocenters. The van der Waals surface area contributed by atoms with E-state index in [2.05, 4.69) is 0 Å². The van der Waals surface area contributed by atoms with Crippen LogP contribution in [0.1, 0.15) is 12.5 Å². The van der Waals surface area contributed by atoms with E-state index in [0.717, 1.165) is 6.07 Å². The van der Waals surface area contributed by atoms with Gasteiger partial charge in [-0.25, -0.2) is 0 Å². The number of nitrogens with zero attached hydrogens (tertiary/aromatic N) is 1. The standard InChI is InChI=1S/C12H12F3NO5/c1-2-7-3-4-10(9(5-7)16(19)20)21-6-8(11(17)18)12(13,14)15/h3-5,8H,2,6H2,1H3,(H,17,18). The molecule has 0 radical (unpaired) electrons. The van der Waals surface area contributed by atoms with Crippen LogP contribution in [0.3, 0.4) is 0 Å². The molecule has 0 aliphatic carbocycles. The molecule has 1 unspecified atom stereocenters. The van der Waals surface area contributed by atoms with E-state index in [1.165, 1.54) is 12.1 Å². The number of alkyl halides is 3. The fraction of sp³-hybridized carbons (Fsp3) is 0.417. The number of ether oxygens (including phenoxy) is 1. The van der Waals surface area contributed by atoms with Crippen molar-refractivity contribution in [3.63, 3.8) is 0 Å². The number of benzene rings is 1. The highest BCUT2D eigenvalue weighted by molar-refractivity contribution is 5.71. The van der Waals surface area contributed by atoms with Crippen molar-refractivity contribution in [2.75, 3.05) is 6.61 Å². The van der Waals surface area contributed by atoms with Crippen LogP contribution in [0.2, 0.25) is 0 Å². The zero-order valence-electron chi connectivity index (χ0n) is 10.9. The Labute approximate surface area is 117 Å². The third-order valence-electron chi connectivity index (χ3n) is 2.73. The van der Waals surface area contributed by atoms with Crippen LogP contribution < -0.4 is 4.74 Å². The molecule has 0 heterocycles. The number of aliphatic carboxylic acids is 1. The van der Waals surface area contributed by atoms with Crippen LogP contribution in [0.5, 0.6) is 5.75 Å². The van der Waals surface area contributed by atoms with Gasteiger partial charge in [-0.15, -0.1) is 0 Å². The Kier molecular flexibility index (Phi) is 5.12. The van der Waals surface area contributed by atoms with Gasteiger partial charge in [0, 0.05) is 6.07 Å². The van der Waals surface area contributed by atoms with Gasteiger partial charge in [0.05, 0.1) is 4.92 Å². The smallest absolute Gasteiger partial charge is 0.405 e. The lowest BCUT2D eigenvalue weighted by atomic mass is 10.1. The van der Waals surface area contributed by atoms with Gasteiger partial charge in [-0.2, -0.15) is 13.2 Å². The van der Waals surface area contributed by atoms with Crippen LogP contribution in [-0.4, -0.2) is 28.8 Å². The Morgan fingerprint density at radius 1 is 1.48 bits per heavy atom. The van der Waals surface area contributed by atoms with E-state index in [0.29, 0.717) is 12.0 Å². The van der Waals surface area contributed by atoms with E-state index in [1.807, 2.05) is 0 Å². The molecule has 116 valence electrons. The lowest BCUT2D eigenvalue weighted by molar-refractivity contribution is -0.386. The number of hydrogen-bond acceptors (Lipinski definition) is 4. The van der Waals surface area contributed by atoms with Crippen LogP contribution in [0.4, 0.5) is 18.9 Å². The molecule has 0 saturated carbocycles. The maximum absolute atomic E-state index is 12.5. The van der Waals surface area contributed by atoms with Gasteiger partial charge in [0.1, 0.15) is 6.61 Å². The summed E-state index contributed by atoms with van der Waals surface area (Å²) in [5, 5.41) is 19.4. The summed E-state index contributed by atoms with van der Waals surface area (Å²) in [4.78, 5) is 20.6. The third kappa shape index (κ3) is 4.33. The second kappa shape index (κ2) is 6.42. The van der Waals surface area contributed by atoms with Crippen LogP contribution >= 0.6 is 0 Å². The molecule has 1 aromatic carbocycles. The Hall–Kier alpha value is -2.32. The van der Waals surface area contributed by atoms with E-state index >= 15 is 0 Å². The van der Waals surface area contributed by atoms with Gasteiger partial charge in [-0.05, 0) is 18.1 Å². The Balaban J connectivity index is 2.97. The Morgan fingerprint density at radius 3 is 2.52 bits per heavy atom. The molecule has 1 aromatic rings. The fourth-order valence-electron chi connectivity index (χ4n) is 1.53. The van der Waals surface area contributed by atoms with Gasteiger partial charge < -0.3 is 9.84 Å². The number of aryl methyl sites for hydroxylation is 1. The average molecular weight is 307 g/mol. The fourth-order valence-corrected chi connectivity index (χ4v) is 1.53. The van der Waals surface area contributed by atoms with E-state index in [-0.39, 0.29) is 0 Å². The summed E-state index contributed by atoms with van der Waals surface area (Å²) in [5.41, 5.74) is 0.111. The summed E-state index contributed by atoms with van der Waals surface area (Å²) in [5.74, 6) is -5.24. The number of rotatable bonds is 6. The molecule has 0 aliphatic heterocycles. The summed E-state index contributed by atoms with van der Waals surface area (Å²) < 4.78 is 42.1. The van der Waals surface area contributed by atoms with Crippen LogP contribution in [-0.2, 0) is 11.2 Å².